The lowest BCUT2D eigenvalue weighted by Crippen LogP contribution is -2.40. The number of ether oxygens (including phenoxy) is 1. The maximum atomic E-state index is 5.40. The van der Waals surface area contributed by atoms with Gasteiger partial charge in [-0.1, -0.05) is 39.0 Å². The van der Waals surface area contributed by atoms with Crippen molar-refractivity contribution in [3.05, 3.63) is 42.0 Å². The van der Waals surface area contributed by atoms with Crippen LogP contribution in [0.5, 0.6) is 5.75 Å². The minimum absolute atomic E-state index is 0. The highest BCUT2D eigenvalue weighted by atomic mass is 127. The normalized spacial score (nSPS) is 11.2. The van der Waals surface area contributed by atoms with Crippen molar-refractivity contribution >= 4 is 29.9 Å². The van der Waals surface area contributed by atoms with E-state index in [0.717, 1.165) is 49.2 Å². The molecular formula is C19H31IN6O. The molecule has 0 atom stereocenters. The van der Waals surface area contributed by atoms with E-state index in [1.54, 1.807) is 13.4 Å². The molecule has 0 aliphatic carbocycles. The summed E-state index contributed by atoms with van der Waals surface area (Å²) < 4.78 is 7.47. The van der Waals surface area contributed by atoms with E-state index in [2.05, 4.69) is 46.2 Å². The van der Waals surface area contributed by atoms with Crippen molar-refractivity contribution in [2.75, 3.05) is 20.2 Å². The average molecular weight is 486 g/mol. The summed E-state index contributed by atoms with van der Waals surface area (Å²) in [6.07, 6.45) is 2.65. The number of methoxy groups -OCH3 is 1. The van der Waals surface area contributed by atoms with Crippen molar-refractivity contribution in [1.82, 2.24) is 25.4 Å². The zero-order valence-corrected chi connectivity index (χ0v) is 18.9. The molecule has 1 heterocycles. The third-order valence-electron chi connectivity index (χ3n) is 3.93. The van der Waals surface area contributed by atoms with E-state index < -0.39 is 0 Å². The van der Waals surface area contributed by atoms with Crippen LogP contribution in [0, 0.1) is 5.92 Å². The maximum Gasteiger partial charge on any atom is 0.191 e. The van der Waals surface area contributed by atoms with E-state index in [1.807, 2.05) is 24.3 Å². The van der Waals surface area contributed by atoms with Crippen LogP contribution in [0.25, 0.3) is 0 Å². The highest BCUT2D eigenvalue weighted by Gasteiger charge is 2.05. The maximum absolute atomic E-state index is 5.40. The third kappa shape index (κ3) is 7.74. The van der Waals surface area contributed by atoms with Gasteiger partial charge < -0.3 is 19.9 Å². The number of aryl methyl sites for hydroxylation is 1. The molecular weight excluding hydrogens is 455 g/mol. The van der Waals surface area contributed by atoms with Crippen LogP contribution in [0.2, 0.25) is 0 Å². The molecule has 7 nitrogen and oxygen atoms in total. The second-order valence-electron chi connectivity index (χ2n) is 6.47. The average Bonchev–Trinajstić information content (AvgIpc) is 3.11. The van der Waals surface area contributed by atoms with Gasteiger partial charge in [0, 0.05) is 31.6 Å². The molecule has 2 rings (SSSR count). The molecule has 27 heavy (non-hydrogen) atoms. The van der Waals surface area contributed by atoms with Gasteiger partial charge in [-0.2, -0.15) is 0 Å². The number of guanidine groups is 1. The van der Waals surface area contributed by atoms with Gasteiger partial charge in [0.25, 0.3) is 0 Å². The minimum Gasteiger partial charge on any atom is -0.496 e. The Hall–Kier alpha value is -1.84. The summed E-state index contributed by atoms with van der Waals surface area (Å²) >= 11 is 0. The number of benzene rings is 1. The lowest BCUT2D eigenvalue weighted by Gasteiger charge is -2.15. The van der Waals surface area contributed by atoms with Gasteiger partial charge in [-0.15, -0.1) is 34.2 Å². The van der Waals surface area contributed by atoms with Crippen molar-refractivity contribution in [2.45, 2.75) is 40.3 Å². The topological polar surface area (TPSA) is 76.4 Å². The molecule has 1 aromatic carbocycles. The standard InChI is InChI=1S/C19H30N6O.HI/c1-5-18-24-23-14-25(18)11-10-20-19(21-12-15(2)3)22-13-16-8-6-7-9-17(16)26-4;/h6-9,14-15H,5,10-13H2,1-4H3,(H2,20,21,22);1H. The molecule has 1 aromatic heterocycles. The van der Waals surface area contributed by atoms with E-state index in [1.165, 1.54) is 0 Å². The number of aromatic nitrogens is 3. The van der Waals surface area contributed by atoms with Gasteiger partial charge in [-0.05, 0) is 12.0 Å². The Morgan fingerprint density at radius 3 is 2.74 bits per heavy atom. The quantitative estimate of drug-likeness (QED) is 0.324. The smallest absolute Gasteiger partial charge is 0.191 e. The summed E-state index contributed by atoms with van der Waals surface area (Å²) in [4.78, 5) is 4.71. The Kier molecular flexibility index (Phi) is 10.8. The van der Waals surface area contributed by atoms with Gasteiger partial charge in [0.2, 0.25) is 0 Å². The van der Waals surface area contributed by atoms with E-state index in [-0.39, 0.29) is 24.0 Å². The van der Waals surface area contributed by atoms with Crippen LogP contribution >= 0.6 is 24.0 Å². The molecule has 0 aliphatic rings. The van der Waals surface area contributed by atoms with Crippen LogP contribution in [0.4, 0.5) is 0 Å². The zero-order chi connectivity index (χ0) is 18.8. The zero-order valence-electron chi connectivity index (χ0n) is 16.6. The van der Waals surface area contributed by atoms with E-state index in [9.17, 15) is 0 Å². The van der Waals surface area contributed by atoms with Gasteiger partial charge in [-0.25, -0.2) is 4.99 Å². The lowest BCUT2D eigenvalue weighted by atomic mass is 10.2. The summed E-state index contributed by atoms with van der Waals surface area (Å²) in [6, 6.07) is 7.96. The Labute approximate surface area is 179 Å². The molecule has 0 unspecified atom stereocenters. The molecule has 0 aliphatic heterocycles. The molecule has 0 saturated heterocycles. The summed E-state index contributed by atoms with van der Waals surface area (Å²) in [5, 5.41) is 14.9. The van der Waals surface area contributed by atoms with E-state index in [0.29, 0.717) is 12.5 Å². The van der Waals surface area contributed by atoms with Gasteiger partial charge in [-0.3, -0.25) is 0 Å². The van der Waals surface area contributed by atoms with Crippen molar-refractivity contribution < 1.29 is 4.74 Å². The van der Waals surface area contributed by atoms with Crippen LogP contribution in [0.1, 0.15) is 32.2 Å². The van der Waals surface area contributed by atoms with E-state index >= 15 is 0 Å². The number of nitrogens with one attached hydrogen (secondary N) is 2. The largest absolute Gasteiger partial charge is 0.496 e. The molecule has 2 N–H and O–H groups in total. The lowest BCUT2D eigenvalue weighted by molar-refractivity contribution is 0.410. The second kappa shape index (κ2) is 12.5. The number of nitrogens with zero attached hydrogens (tertiary/aromatic N) is 4. The van der Waals surface area contributed by atoms with Crippen LogP contribution < -0.4 is 15.4 Å². The van der Waals surface area contributed by atoms with Crippen molar-refractivity contribution in [1.29, 1.82) is 0 Å². The minimum atomic E-state index is 0. The first-order valence-electron chi connectivity index (χ1n) is 9.14. The van der Waals surface area contributed by atoms with Crippen LogP contribution in [0.3, 0.4) is 0 Å². The Morgan fingerprint density at radius 2 is 2.04 bits per heavy atom. The van der Waals surface area contributed by atoms with Gasteiger partial charge in [0.1, 0.15) is 17.9 Å². The van der Waals surface area contributed by atoms with Gasteiger partial charge >= 0.3 is 0 Å². The predicted octanol–water partition coefficient (Wildman–Crippen LogP) is 2.86. The molecule has 0 radical (unpaired) electrons. The second-order valence-corrected chi connectivity index (χ2v) is 6.47. The van der Waals surface area contributed by atoms with Crippen molar-refractivity contribution in [3.63, 3.8) is 0 Å². The monoisotopic (exact) mass is 486 g/mol. The first kappa shape index (κ1) is 23.2. The predicted molar refractivity (Wildman–Crippen MR) is 120 cm³/mol. The molecule has 8 heteroatoms. The van der Waals surface area contributed by atoms with Crippen molar-refractivity contribution in [3.8, 4) is 5.75 Å². The van der Waals surface area contributed by atoms with Gasteiger partial charge in [0.05, 0.1) is 13.7 Å². The fourth-order valence-electron chi connectivity index (χ4n) is 2.51. The molecule has 0 amide bonds. The number of aliphatic imine (C=N–C) groups is 1. The Balaban J connectivity index is 0.00000364. The van der Waals surface area contributed by atoms with E-state index in [4.69, 9.17) is 9.73 Å². The molecule has 0 spiro atoms. The summed E-state index contributed by atoms with van der Waals surface area (Å²) in [5.41, 5.74) is 1.06. The first-order valence-corrected chi connectivity index (χ1v) is 9.14. The molecule has 0 bridgehead atoms. The van der Waals surface area contributed by atoms with Crippen molar-refractivity contribution in [2.24, 2.45) is 10.9 Å². The Bertz CT molecular complexity index is 701. The number of para-hydroxylation sites is 1. The molecule has 0 saturated carbocycles. The Morgan fingerprint density at radius 1 is 1.26 bits per heavy atom. The summed E-state index contributed by atoms with van der Waals surface area (Å²) in [5.74, 6) is 3.19. The molecule has 2 aromatic rings. The van der Waals surface area contributed by atoms with Crippen LogP contribution in [-0.4, -0.2) is 40.9 Å². The first-order chi connectivity index (χ1) is 12.6. The fourth-order valence-corrected chi connectivity index (χ4v) is 2.51. The highest BCUT2D eigenvalue weighted by Crippen LogP contribution is 2.17. The fraction of sp³-hybridized carbons (Fsp3) is 0.526. The summed E-state index contributed by atoms with van der Waals surface area (Å²) in [6.45, 7) is 9.41. The number of rotatable bonds is 9. The number of hydrogen-bond donors (Lipinski definition) is 2. The number of hydrogen-bond acceptors (Lipinski definition) is 4. The summed E-state index contributed by atoms with van der Waals surface area (Å²) in [7, 11) is 1.68. The van der Waals surface area contributed by atoms with Crippen LogP contribution in [0.15, 0.2) is 35.6 Å². The third-order valence-corrected chi connectivity index (χ3v) is 3.93. The highest BCUT2D eigenvalue weighted by molar-refractivity contribution is 14.0. The molecule has 0 fully saturated rings. The van der Waals surface area contributed by atoms with Crippen LogP contribution in [-0.2, 0) is 19.5 Å². The SMILES string of the molecule is CCc1nncn1CCNC(=NCc1ccccc1OC)NCC(C)C.I. The van der Waals surface area contributed by atoms with Gasteiger partial charge in [0.15, 0.2) is 5.96 Å². The molecule has 150 valence electrons. The number of halogens is 1.